The molecule has 2 unspecified atom stereocenters. The zero-order valence-corrected chi connectivity index (χ0v) is 12.6. The number of alkyl halides is 3. The molecule has 0 bridgehead atoms. The molecular formula is C16H19F3N2O2. The molecule has 0 spiro atoms. The molecule has 2 atom stereocenters. The minimum atomic E-state index is -4.55. The number of benzene rings is 1. The van der Waals surface area contributed by atoms with Gasteiger partial charge in [-0.15, -0.1) is 0 Å². The van der Waals surface area contributed by atoms with Crippen LogP contribution >= 0.6 is 0 Å². The van der Waals surface area contributed by atoms with E-state index >= 15 is 0 Å². The number of amides is 1. The largest absolute Gasteiger partial charge is 0.417 e. The van der Waals surface area contributed by atoms with Gasteiger partial charge in [-0.3, -0.25) is 9.69 Å². The predicted octanol–water partition coefficient (Wildman–Crippen LogP) is 2.30. The average Bonchev–Trinajstić information content (AvgIpc) is 3.17. The lowest BCUT2D eigenvalue weighted by molar-refractivity contribution is -0.137. The maximum atomic E-state index is 13.0. The molecule has 1 amide bonds. The number of ether oxygens (including phenoxy) is 1. The van der Waals surface area contributed by atoms with Gasteiger partial charge in [0.15, 0.2) is 0 Å². The number of halogens is 3. The Balaban J connectivity index is 1.74. The Morgan fingerprint density at radius 1 is 1.17 bits per heavy atom. The number of rotatable bonds is 3. The molecule has 2 saturated heterocycles. The number of nitrogens with one attached hydrogen (secondary N) is 1. The topological polar surface area (TPSA) is 41.6 Å². The molecule has 23 heavy (non-hydrogen) atoms. The first-order valence-electron chi connectivity index (χ1n) is 7.75. The van der Waals surface area contributed by atoms with Gasteiger partial charge < -0.3 is 10.1 Å². The Kier molecular flexibility index (Phi) is 4.59. The Hall–Kier alpha value is -1.60. The standard InChI is InChI=1S/C16H19F3N2O2/c17-16(18,19)12-6-2-1-5-11(12)15(22)20-13-9-23-10-14(13)21-7-3-4-8-21/h1-2,5-6,13-14H,3-4,7-10H2,(H,20,22). The molecule has 1 N–H and O–H groups in total. The van der Waals surface area contributed by atoms with E-state index in [2.05, 4.69) is 10.2 Å². The van der Waals surface area contributed by atoms with E-state index < -0.39 is 17.6 Å². The number of carbonyl (C=O) groups excluding carboxylic acids is 1. The summed E-state index contributed by atoms with van der Waals surface area (Å²) in [6.45, 7) is 2.73. The fourth-order valence-electron chi connectivity index (χ4n) is 3.29. The molecule has 126 valence electrons. The molecule has 0 saturated carbocycles. The summed E-state index contributed by atoms with van der Waals surface area (Å²) < 4.78 is 44.5. The number of hydrogen-bond acceptors (Lipinski definition) is 3. The summed E-state index contributed by atoms with van der Waals surface area (Å²) >= 11 is 0. The van der Waals surface area contributed by atoms with Crippen molar-refractivity contribution < 1.29 is 22.7 Å². The summed E-state index contributed by atoms with van der Waals surface area (Å²) in [6.07, 6.45) is -2.34. The molecular weight excluding hydrogens is 309 g/mol. The molecule has 4 nitrogen and oxygen atoms in total. The second-order valence-corrected chi connectivity index (χ2v) is 5.97. The summed E-state index contributed by atoms with van der Waals surface area (Å²) in [5, 5.41) is 2.73. The highest BCUT2D eigenvalue weighted by atomic mass is 19.4. The zero-order chi connectivity index (χ0) is 16.4. The average molecular weight is 328 g/mol. The monoisotopic (exact) mass is 328 g/mol. The first kappa shape index (κ1) is 16.3. The van der Waals surface area contributed by atoms with Crippen molar-refractivity contribution in [2.75, 3.05) is 26.3 Å². The van der Waals surface area contributed by atoms with Crippen molar-refractivity contribution in [3.63, 3.8) is 0 Å². The number of carbonyl (C=O) groups is 1. The highest BCUT2D eigenvalue weighted by molar-refractivity contribution is 5.96. The van der Waals surface area contributed by atoms with E-state index in [1.165, 1.54) is 18.2 Å². The third-order valence-electron chi connectivity index (χ3n) is 4.45. The van der Waals surface area contributed by atoms with Gasteiger partial charge in [0.2, 0.25) is 0 Å². The smallest absolute Gasteiger partial charge is 0.378 e. The molecule has 1 aromatic rings. The van der Waals surface area contributed by atoms with Crippen LogP contribution in [0.2, 0.25) is 0 Å². The van der Waals surface area contributed by atoms with Gasteiger partial charge in [0.1, 0.15) is 0 Å². The fourth-order valence-corrected chi connectivity index (χ4v) is 3.29. The van der Waals surface area contributed by atoms with E-state index in [1.807, 2.05) is 0 Å². The Morgan fingerprint density at radius 3 is 2.57 bits per heavy atom. The van der Waals surface area contributed by atoms with Crippen LogP contribution in [0.4, 0.5) is 13.2 Å². The fraction of sp³-hybridized carbons (Fsp3) is 0.562. The molecule has 2 aliphatic rings. The van der Waals surface area contributed by atoms with Crippen LogP contribution in [0.15, 0.2) is 24.3 Å². The van der Waals surface area contributed by atoms with Crippen LogP contribution in [0.1, 0.15) is 28.8 Å². The van der Waals surface area contributed by atoms with Gasteiger partial charge in [-0.25, -0.2) is 0 Å². The summed E-state index contributed by atoms with van der Waals surface area (Å²) in [7, 11) is 0. The Morgan fingerprint density at radius 2 is 1.87 bits per heavy atom. The van der Waals surface area contributed by atoms with Crippen molar-refractivity contribution in [2.45, 2.75) is 31.1 Å². The molecule has 7 heteroatoms. The van der Waals surface area contributed by atoms with Gasteiger partial charge in [0, 0.05) is 0 Å². The second-order valence-electron chi connectivity index (χ2n) is 5.97. The van der Waals surface area contributed by atoms with E-state index in [1.54, 1.807) is 0 Å². The maximum Gasteiger partial charge on any atom is 0.417 e. The van der Waals surface area contributed by atoms with Crippen LogP contribution in [0.5, 0.6) is 0 Å². The summed E-state index contributed by atoms with van der Waals surface area (Å²) in [5.74, 6) is -0.697. The molecule has 2 aliphatic heterocycles. The molecule has 3 rings (SSSR count). The molecule has 0 aromatic heterocycles. The minimum absolute atomic E-state index is 0.0412. The van der Waals surface area contributed by atoms with Crippen LogP contribution in [0.25, 0.3) is 0 Å². The zero-order valence-electron chi connectivity index (χ0n) is 12.6. The summed E-state index contributed by atoms with van der Waals surface area (Å²) in [6, 6.07) is 4.62. The van der Waals surface area contributed by atoms with E-state index in [4.69, 9.17) is 4.74 Å². The number of hydrogen-bond donors (Lipinski definition) is 1. The van der Waals surface area contributed by atoms with Crippen molar-refractivity contribution in [1.29, 1.82) is 0 Å². The molecule has 0 radical (unpaired) electrons. The Labute approximate surface area is 132 Å². The molecule has 1 aromatic carbocycles. The third kappa shape index (κ3) is 3.50. The molecule has 2 fully saturated rings. The SMILES string of the molecule is O=C(NC1COCC1N1CCCC1)c1ccccc1C(F)(F)F. The van der Waals surface area contributed by atoms with Crippen molar-refractivity contribution >= 4 is 5.91 Å². The van der Waals surface area contributed by atoms with Crippen molar-refractivity contribution in [1.82, 2.24) is 10.2 Å². The van der Waals surface area contributed by atoms with E-state index in [0.717, 1.165) is 32.0 Å². The van der Waals surface area contributed by atoms with Gasteiger partial charge in [0.05, 0.1) is 36.4 Å². The van der Waals surface area contributed by atoms with Gasteiger partial charge in [0.25, 0.3) is 5.91 Å². The van der Waals surface area contributed by atoms with Crippen LogP contribution in [-0.4, -0.2) is 49.2 Å². The van der Waals surface area contributed by atoms with Crippen LogP contribution in [0.3, 0.4) is 0 Å². The lowest BCUT2D eigenvalue weighted by Crippen LogP contribution is -2.50. The second kappa shape index (κ2) is 6.49. The highest BCUT2D eigenvalue weighted by Crippen LogP contribution is 2.32. The van der Waals surface area contributed by atoms with Crippen LogP contribution in [-0.2, 0) is 10.9 Å². The van der Waals surface area contributed by atoms with Crippen molar-refractivity contribution in [3.8, 4) is 0 Å². The van der Waals surface area contributed by atoms with Gasteiger partial charge in [-0.2, -0.15) is 13.2 Å². The minimum Gasteiger partial charge on any atom is -0.378 e. The first-order chi connectivity index (χ1) is 11.0. The third-order valence-corrected chi connectivity index (χ3v) is 4.45. The number of likely N-dealkylation sites (tertiary alicyclic amines) is 1. The predicted molar refractivity (Wildman–Crippen MR) is 78.1 cm³/mol. The lowest BCUT2D eigenvalue weighted by Gasteiger charge is -2.28. The molecule has 2 heterocycles. The first-order valence-corrected chi connectivity index (χ1v) is 7.75. The van der Waals surface area contributed by atoms with Gasteiger partial charge >= 0.3 is 6.18 Å². The summed E-state index contributed by atoms with van der Waals surface area (Å²) in [5.41, 5.74) is -1.25. The Bertz CT molecular complexity index is 571. The van der Waals surface area contributed by atoms with Crippen LogP contribution in [0, 0.1) is 0 Å². The van der Waals surface area contributed by atoms with Crippen LogP contribution < -0.4 is 5.32 Å². The highest BCUT2D eigenvalue weighted by Gasteiger charge is 2.38. The summed E-state index contributed by atoms with van der Waals surface area (Å²) in [4.78, 5) is 14.6. The van der Waals surface area contributed by atoms with Gasteiger partial charge in [-0.1, -0.05) is 12.1 Å². The molecule has 0 aliphatic carbocycles. The lowest BCUT2D eigenvalue weighted by atomic mass is 10.0. The van der Waals surface area contributed by atoms with Crippen molar-refractivity contribution in [2.24, 2.45) is 0 Å². The maximum absolute atomic E-state index is 13.0. The number of nitrogens with zero attached hydrogens (tertiary/aromatic N) is 1. The quantitative estimate of drug-likeness (QED) is 0.926. The van der Waals surface area contributed by atoms with E-state index in [-0.39, 0.29) is 17.6 Å². The van der Waals surface area contributed by atoms with E-state index in [9.17, 15) is 18.0 Å². The van der Waals surface area contributed by atoms with Crippen molar-refractivity contribution in [3.05, 3.63) is 35.4 Å². The van der Waals surface area contributed by atoms with E-state index in [0.29, 0.717) is 13.2 Å². The normalized spacial score (nSPS) is 25.7. The van der Waals surface area contributed by atoms with Gasteiger partial charge in [-0.05, 0) is 38.1 Å².